The zero-order valence-electron chi connectivity index (χ0n) is 12.2. The van der Waals surface area contributed by atoms with Crippen molar-refractivity contribution in [3.8, 4) is 5.69 Å². The van der Waals surface area contributed by atoms with Gasteiger partial charge in [-0.2, -0.15) is 0 Å². The van der Waals surface area contributed by atoms with E-state index in [0.717, 1.165) is 16.9 Å². The van der Waals surface area contributed by atoms with Crippen molar-refractivity contribution >= 4 is 0 Å². The summed E-state index contributed by atoms with van der Waals surface area (Å²) in [5.41, 5.74) is 11.9. The first kappa shape index (κ1) is 13.5. The maximum Gasteiger partial charge on any atom is 0.0858 e. The SMILES string of the molecule is Cc1cccc(C(N)c2cnnn2-c2ccccc2)c1C. The summed E-state index contributed by atoms with van der Waals surface area (Å²) in [6.45, 7) is 4.19. The maximum atomic E-state index is 6.47. The molecule has 1 atom stereocenters. The number of nitrogens with zero attached hydrogens (tertiary/aromatic N) is 3. The highest BCUT2D eigenvalue weighted by molar-refractivity contribution is 5.40. The predicted molar refractivity (Wildman–Crippen MR) is 83.3 cm³/mol. The fraction of sp³-hybridized carbons (Fsp3) is 0.176. The van der Waals surface area contributed by atoms with Crippen molar-refractivity contribution in [2.24, 2.45) is 5.73 Å². The molecule has 0 aliphatic rings. The minimum Gasteiger partial charge on any atom is -0.319 e. The van der Waals surface area contributed by atoms with Crippen LogP contribution in [-0.4, -0.2) is 15.0 Å². The summed E-state index contributed by atoms with van der Waals surface area (Å²) in [6, 6.07) is 15.9. The van der Waals surface area contributed by atoms with Crippen molar-refractivity contribution in [2.45, 2.75) is 19.9 Å². The highest BCUT2D eigenvalue weighted by atomic mass is 15.4. The van der Waals surface area contributed by atoms with E-state index in [1.54, 1.807) is 10.9 Å². The van der Waals surface area contributed by atoms with Crippen LogP contribution in [0, 0.1) is 13.8 Å². The van der Waals surface area contributed by atoms with Crippen LogP contribution >= 0.6 is 0 Å². The summed E-state index contributed by atoms with van der Waals surface area (Å²) in [7, 11) is 0. The lowest BCUT2D eigenvalue weighted by Crippen LogP contribution is -2.18. The number of rotatable bonds is 3. The third-order valence-electron chi connectivity index (χ3n) is 3.88. The number of nitrogens with two attached hydrogens (primary N) is 1. The zero-order valence-corrected chi connectivity index (χ0v) is 12.2. The van der Waals surface area contributed by atoms with Crippen molar-refractivity contribution in [3.05, 3.63) is 77.1 Å². The molecule has 0 amide bonds. The molecular weight excluding hydrogens is 260 g/mol. The molecule has 0 spiro atoms. The number of aryl methyl sites for hydroxylation is 1. The number of hydrogen-bond acceptors (Lipinski definition) is 3. The van der Waals surface area contributed by atoms with Gasteiger partial charge >= 0.3 is 0 Å². The van der Waals surface area contributed by atoms with Crippen LogP contribution in [0.2, 0.25) is 0 Å². The van der Waals surface area contributed by atoms with Crippen molar-refractivity contribution in [2.75, 3.05) is 0 Å². The fourth-order valence-electron chi connectivity index (χ4n) is 2.49. The van der Waals surface area contributed by atoms with Crippen LogP contribution in [0.5, 0.6) is 0 Å². The third-order valence-corrected chi connectivity index (χ3v) is 3.88. The normalized spacial score (nSPS) is 12.3. The molecular formula is C17H18N4. The molecule has 106 valence electrons. The molecule has 1 aromatic heterocycles. The summed E-state index contributed by atoms with van der Waals surface area (Å²) >= 11 is 0. The Balaban J connectivity index is 2.06. The quantitative estimate of drug-likeness (QED) is 0.801. The second-order valence-electron chi connectivity index (χ2n) is 5.17. The smallest absolute Gasteiger partial charge is 0.0858 e. The van der Waals surface area contributed by atoms with Gasteiger partial charge in [-0.3, -0.25) is 0 Å². The second-order valence-corrected chi connectivity index (χ2v) is 5.17. The Hall–Kier alpha value is -2.46. The summed E-state index contributed by atoms with van der Waals surface area (Å²) in [6.07, 6.45) is 1.74. The molecule has 21 heavy (non-hydrogen) atoms. The van der Waals surface area contributed by atoms with Crippen LogP contribution in [0.25, 0.3) is 5.69 Å². The molecule has 2 aromatic carbocycles. The molecule has 1 heterocycles. The topological polar surface area (TPSA) is 56.7 Å². The Morgan fingerprint density at radius 2 is 1.76 bits per heavy atom. The van der Waals surface area contributed by atoms with E-state index < -0.39 is 0 Å². The van der Waals surface area contributed by atoms with Gasteiger partial charge < -0.3 is 5.73 Å². The van der Waals surface area contributed by atoms with Gasteiger partial charge in [0.1, 0.15) is 0 Å². The Morgan fingerprint density at radius 1 is 1.00 bits per heavy atom. The van der Waals surface area contributed by atoms with Crippen LogP contribution in [0.1, 0.15) is 28.4 Å². The molecule has 0 aliphatic carbocycles. The van der Waals surface area contributed by atoms with Gasteiger partial charge in [0.15, 0.2) is 0 Å². The lowest BCUT2D eigenvalue weighted by molar-refractivity contribution is 0.717. The van der Waals surface area contributed by atoms with Gasteiger partial charge in [0.2, 0.25) is 0 Å². The number of aromatic nitrogens is 3. The summed E-state index contributed by atoms with van der Waals surface area (Å²) in [5.74, 6) is 0. The predicted octanol–water partition coefficient (Wildman–Crippen LogP) is 2.93. The monoisotopic (exact) mass is 278 g/mol. The average Bonchev–Trinajstić information content (AvgIpc) is 3.00. The molecule has 0 bridgehead atoms. The van der Waals surface area contributed by atoms with Gasteiger partial charge in [-0.05, 0) is 42.7 Å². The first-order valence-corrected chi connectivity index (χ1v) is 6.96. The molecule has 0 aliphatic heterocycles. The van der Waals surface area contributed by atoms with Gasteiger partial charge in [0.05, 0.1) is 23.6 Å². The fourth-order valence-corrected chi connectivity index (χ4v) is 2.49. The van der Waals surface area contributed by atoms with E-state index in [2.05, 4.69) is 36.3 Å². The zero-order chi connectivity index (χ0) is 14.8. The molecule has 2 N–H and O–H groups in total. The number of hydrogen-bond donors (Lipinski definition) is 1. The minimum atomic E-state index is -0.250. The molecule has 4 nitrogen and oxygen atoms in total. The highest BCUT2D eigenvalue weighted by Crippen LogP contribution is 2.25. The van der Waals surface area contributed by atoms with Crippen molar-refractivity contribution in [1.82, 2.24) is 15.0 Å². The highest BCUT2D eigenvalue weighted by Gasteiger charge is 2.18. The van der Waals surface area contributed by atoms with E-state index in [-0.39, 0.29) is 6.04 Å². The lowest BCUT2D eigenvalue weighted by Gasteiger charge is -2.17. The summed E-state index contributed by atoms with van der Waals surface area (Å²) < 4.78 is 1.80. The third kappa shape index (κ3) is 2.45. The van der Waals surface area contributed by atoms with Crippen molar-refractivity contribution in [3.63, 3.8) is 0 Å². The lowest BCUT2D eigenvalue weighted by atomic mass is 9.96. The van der Waals surface area contributed by atoms with Crippen LogP contribution in [-0.2, 0) is 0 Å². The van der Waals surface area contributed by atoms with Gasteiger partial charge in [0, 0.05) is 0 Å². The van der Waals surface area contributed by atoms with Gasteiger partial charge in [-0.1, -0.05) is 41.6 Å². The summed E-state index contributed by atoms with van der Waals surface area (Å²) in [5, 5.41) is 8.20. The standard InChI is InChI=1S/C17H18N4/c1-12-7-6-10-15(13(12)2)17(18)16-11-19-20-21(16)14-8-4-3-5-9-14/h3-11,17H,18H2,1-2H3. The second kappa shape index (κ2) is 5.50. The van der Waals surface area contributed by atoms with Crippen LogP contribution in [0.15, 0.2) is 54.7 Å². The van der Waals surface area contributed by atoms with E-state index in [4.69, 9.17) is 5.73 Å². The minimum absolute atomic E-state index is 0.250. The average molecular weight is 278 g/mol. The van der Waals surface area contributed by atoms with E-state index >= 15 is 0 Å². The van der Waals surface area contributed by atoms with Crippen LogP contribution in [0.3, 0.4) is 0 Å². The Morgan fingerprint density at radius 3 is 2.52 bits per heavy atom. The molecule has 4 heteroatoms. The molecule has 0 radical (unpaired) electrons. The Kier molecular flexibility index (Phi) is 3.54. The van der Waals surface area contributed by atoms with E-state index in [1.165, 1.54) is 11.1 Å². The molecule has 0 saturated heterocycles. The van der Waals surface area contributed by atoms with E-state index in [0.29, 0.717) is 0 Å². The van der Waals surface area contributed by atoms with Crippen molar-refractivity contribution in [1.29, 1.82) is 0 Å². The molecule has 0 saturated carbocycles. The molecule has 1 unspecified atom stereocenters. The van der Waals surface area contributed by atoms with Crippen LogP contribution < -0.4 is 5.73 Å². The molecule has 3 aromatic rings. The summed E-state index contributed by atoms with van der Waals surface area (Å²) in [4.78, 5) is 0. The van der Waals surface area contributed by atoms with Gasteiger partial charge in [0.25, 0.3) is 0 Å². The van der Waals surface area contributed by atoms with E-state index in [1.807, 2.05) is 36.4 Å². The van der Waals surface area contributed by atoms with Crippen molar-refractivity contribution < 1.29 is 0 Å². The largest absolute Gasteiger partial charge is 0.319 e. The number of para-hydroxylation sites is 1. The molecule has 3 rings (SSSR count). The Bertz CT molecular complexity index is 746. The Labute approximate surface area is 124 Å². The van der Waals surface area contributed by atoms with E-state index in [9.17, 15) is 0 Å². The van der Waals surface area contributed by atoms with Crippen LogP contribution in [0.4, 0.5) is 0 Å². The first-order chi connectivity index (χ1) is 10.2. The van der Waals surface area contributed by atoms with Gasteiger partial charge in [-0.25, -0.2) is 4.68 Å². The number of benzene rings is 2. The molecule has 0 fully saturated rings. The first-order valence-electron chi connectivity index (χ1n) is 6.96. The maximum absolute atomic E-state index is 6.47. The van der Waals surface area contributed by atoms with Gasteiger partial charge in [-0.15, -0.1) is 5.10 Å².